The second kappa shape index (κ2) is 14.4. The molecule has 276 valence electrons. The van der Waals surface area contributed by atoms with Gasteiger partial charge in [0.05, 0.1) is 38.6 Å². The molecule has 0 saturated carbocycles. The summed E-state index contributed by atoms with van der Waals surface area (Å²) in [4.78, 5) is 13.9. The average Bonchev–Trinajstić information content (AvgIpc) is 3.48. The van der Waals surface area contributed by atoms with Crippen molar-refractivity contribution >= 4 is 82.2 Å². The molecule has 1 aliphatic rings. The van der Waals surface area contributed by atoms with Gasteiger partial charge in [0.1, 0.15) is 39.9 Å². The van der Waals surface area contributed by atoms with Crippen molar-refractivity contribution in [3.8, 4) is 5.82 Å². The summed E-state index contributed by atoms with van der Waals surface area (Å²) in [5.41, 5.74) is 0.467. The van der Waals surface area contributed by atoms with Gasteiger partial charge in [-0.3, -0.25) is 9.62 Å². The van der Waals surface area contributed by atoms with Gasteiger partial charge in [0.25, 0.3) is 16.4 Å². The predicted octanol–water partition coefficient (Wildman–Crippen LogP) is 7.35. The number of fused-ring (bicyclic) bond motifs is 2. The van der Waals surface area contributed by atoms with Crippen LogP contribution in [0.5, 0.6) is 0 Å². The first kappa shape index (κ1) is 36.8. The molecule has 1 saturated heterocycles. The molecule has 2 N–H and O–H groups in total. The van der Waals surface area contributed by atoms with Crippen molar-refractivity contribution in [3.05, 3.63) is 106 Å². The molecule has 0 bridgehead atoms. The molecule has 7 rings (SSSR count). The fraction of sp³-hybridized carbons (Fsp3) is 0.206. The minimum absolute atomic E-state index is 0.0404. The molecule has 3 aromatic carbocycles. The zero-order chi connectivity index (χ0) is 37.7. The van der Waals surface area contributed by atoms with Gasteiger partial charge >= 0.3 is 0 Å². The smallest absolute Gasteiger partial charge is 0.263 e. The summed E-state index contributed by atoms with van der Waals surface area (Å²) in [6.45, 7) is -0.386. The molecule has 19 heteroatoms. The summed E-state index contributed by atoms with van der Waals surface area (Å²) in [6.07, 6.45) is 0.604. The molecule has 4 heterocycles. The Kier molecular flexibility index (Phi) is 9.97. The molecular formula is C34H27Cl2F4N7O4S2. The number of pyridine rings is 1. The summed E-state index contributed by atoms with van der Waals surface area (Å²) >= 11 is 12.0. The number of aromatic nitrogens is 4. The molecule has 1 aliphatic heterocycles. The van der Waals surface area contributed by atoms with Crippen molar-refractivity contribution in [3.63, 3.8) is 0 Å². The Morgan fingerprint density at radius 2 is 1.77 bits per heavy atom. The van der Waals surface area contributed by atoms with Gasteiger partial charge in [0.15, 0.2) is 21.5 Å². The molecule has 0 radical (unpaired) electrons. The van der Waals surface area contributed by atoms with Crippen LogP contribution in [0.15, 0.2) is 84.1 Å². The van der Waals surface area contributed by atoms with Crippen LogP contribution >= 0.6 is 23.2 Å². The van der Waals surface area contributed by atoms with E-state index in [1.54, 1.807) is 35.0 Å². The lowest BCUT2D eigenvalue weighted by Crippen LogP contribution is -2.45. The number of hydrogen-bond donors (Lipinski definition) is 2. The second-order valence-electron chi connectivity index (χ2n) is 12.2. The van der Waals surface area contributed by atoms with Crippen molar-refractivity contribution in [1.82, 2.24) is 24.4 Å². The SMILES string of the molecule is O=S(=O)(Nc1ccc(F)c(Nc2ncnc3ccc(-n4cc(CC5CCN(CC(F)F)CS5(=O)=O)c5ccccc54)nc23)c1F)c1cccc(Cl)c1Cl. The van der Waals surface area contributed by atoms with Crippen LogP contribution < -0.4 is 10.0 Å². The van der Waals surface area contributed by atoms with Crippen molar-refractivity contribution in [2.24, 2.45) is 0 Å². The van der Waals surface area contributed by atoms with Crippen LogP contribution in [0.4, 0.5) is 34.8 Å². The Morgan fingerprint density at radius 3 is 2.55 bits per heavy atom. The Balaban J connectivity index is 1.22. The predicted molar refractivity (Wildman–Crippen MR) is 195 cm³/mol. The number of hydrogen-bond acceptors (Lipinski definition) is 9. The third-order valence-corrected chi connectivity index (χ3v) is 13.3. The lowest BCUT2D eigenvalue weighted by Gasteiger charge is -2.31. The molecule has 0 aliphatic carbocycles. The van der Waals surface area contributed by atoms with Crippen LogP contribution in [-0.4, -0.2) is 71.9 Å². The van der Waals surface area contributed by atoms with Gasteiger partial charge in [-0.1, -0.05) is 47.5 Å². The number of sulfonamides is 1. The zero-order valence-electron chi connectivity index (χ0n) is 27.1. The minimum Gasteiger partial charge on any atom is -0.333 e. The van der Waals surface area contributed by atoms with Crippen molar-refractivity contribution in [1.29, 1.82) is 0 Å². The number of halogens is 6. The number of rotatable bonds is 10. The van der Waals surface area contributed by atoms with Crippen LogP contribution in [0.1, 0.15) is 12.0 Å². The second-order valence-corrected chi connectivity index (χ2v) is 16.9. The molecule has 0 spiro atoms. The van der Waals surface area contributed by atoms with Crippen molar-refractivity contribution in [2.75, 3.05) is 29.0 Å². The molecule has 1 fully saturated rings. The van der Waals surface area contributed by atoms with E-state index in [1.165, 1.54) is 23.1 Å². The molecule has 1 atom stereocenters. The Hall–Kier alpha value is -4.55. The van der Waals surface area contributed by atoms with E-state index >= 15 is 8.78 Å². The fourth-order valence-corrected chi connectivity index (χ4v) is 9.93. The number of nitrogens with zero attached hydrogens (tertiary/aromatic N) is 5. The molecule has 3 aromatic heterocycles. The van der Waals surface area contributed by atoms with E-state index in [9.17, 15) is 25.6 Å². The highest BCUT2D eigenvalue weighted by molar-refractivity contribution is 7.93. The number of para-hydroxylation sites is 1. The van der Waals surface area contributed by atoms with E-state index < -0.39 is 71.9 Å². The molecule has 6 aromatic rings. The Morgan fingerprint density at radius 1 is 0.981 bits per heavy atom. The molecule has 53 heavy (non-hydrogen) atoms. The summed E-state index contributed by atoms with van der Waals surface area (Å²) in [5.74, 6) is -2.57. The van der Waals surface area contributed by atoms with Gasteiger partial charge in [-0.25, -0.2) is 49.3 Å². The van der Waals surface area contributed by atoms with E-state index in [1.807, 2.05) is 12.1 Å². The first-order chi connectivity index (χ1) is 25.2. The maximum atomic E-state index is 15.9. The summed E-state index contributed by atoms with van der Waals surface area (Å²) in [7, 11) is -8.17. The topological polar surface area (TPSA) is 139 Å². The van der Waals surface area contributed by atoms with Crippen LogP contribution in [-0.2, 0) is 26.3 Å². The van der Waals surface area contributed by atoms with Crippen LogP contribution in [0, 0.1) is 11.6 Å². The first-order valence-corrected chi connectivity index (χ1v) is 19.8. The molecular weight excluding hydrogens is 781 g/mol. The highest BCUT2D eigenvalue weighted by Crippen LogP contribution is 2.35. The maximum Gasteiger partial charge on any atom is 0.263 e. The van der Waals surface area contributed by atoms with Crippen LogP contribution in [0.2, 0.25) is 10.0 Å². The van der Waals surface area contributed by atoms with Crippen molar-refractivity contribution < 1.29 is 34.4 Å². The number of nitrogens with one attached hydrogen (secondary N) is 2. The largest absolute Gasteiger partial charge is 0.333 e. The Bertz CT molecular complexity index is 2610. The van der Waals surface area contributed by atoms with Gasteiger partial charge in [-0.05, 0) is 60.9 Å². The lowest BCUT2D eigenvalue weighted by molar-refractivity contribution is 0.0935. The highest BCUT2D eigenvalue weighted by Gasteiger charge is 2.34. The maximum absolute atomic E-state index is 15.9. The molecule has 0 amide bonds. The Labute approximate surface area is 310 Å². The third kappa shape index (κ3) is 7.35. The van der Waals surface area contributed by atoms with Gasteiger partial charge in [0, 0.05) is 18.1 Å². The normalized spacial score (nSPS) is 16.4. The van der Waals surface area contributed by atoms with Gasteiger partial charge < -0.3 is 9.88 Å². The van der Waals surface area contributed by atoms with E-state index in [2.05, 4.69) is 20.0 Å². The highest BCUT2D eigenvalue weighted by atomic mass is 35.5. The summed E-state index contributed by atoms with van der Waals surface area (Å²) < 4.78 is 113. The lowest BCUT2D eigenvalue weighted by atomic mass is 10.1. The standard InChI is InChI=1S/C34H27Cl2F4N7O4S2/c35-22-5-3-7-27(30(22)36)53(50,51)45-24-9-8-23(37)32(31(24)40)44-34-33-25(41-17-42-34)10-11-29(43-33)47-15-19(21-4-1-2-6-26(21)47)14-20-12-13-46(16-28(38)39)18-52(20,48)49/h1-11,15,17,20,28,45H,12-14,16,18H2,(H,41,42,44). The minimum atomic E-state index is -4.46. The molecule has 11 nitrogen and oxygen atoms in total. The van der Waals surface area contributed by atoms with E-state index in [0.29, 0.717) is 22.4 Å². The fourth-order valence-electron chi connectivity index (χ4n) is 6.26. The van der Waals surface area contributed by atoms with Crippen LogP contribution in [0.3, 0.4) is 0 Å². The van der Waals surface area contributed by atoms with Gasteiger partial charge in [0.2, 0.25) is 0 Å². The molecule has 1 unspecified atom stereocenters. The van der Waals surface area contributed by atoms with E-state index in [0.717, 1.165) is 23.8 Å². The number of anilines is 3. The van der Waals surface area contributed by atoms with Crippen LogP contribution in [0.25, 0.3) is 27.8 Å². The summed E-state index contributed by atoms with van der Waals surface area (Å²) in [5, 5.41) is 2.25. The summed E-state index contributed by atoms with van der Waals surface area (Å²) in [6, 6.07) is 16.2. The number of alkyl halides is 2. The van der Waals surface area contributed by atoms with Gasteiger partial charge in [-0.2, -0.15) is 0 Å². The third-order valence-electron chi connectivity index (χ3n) is 8.77. The van der Waals surface area contributed by atoms with Crippen molar-refractivity contribution in [2.45, 2.75) is 29.4 Å². The first-order valence-electron chi connectivity index (χ1n) is 15.9. The van der Waals surface area contributed by atoms with E-state index in [-0.39, 0.29) is 40.8 Å². The zero-order valence-corrected chi connectivity index (χ0v) is 30.3. The monoisotopic (exact) mass is 807 g/mol. The van der Waals surface area contributed by atoms with E-state index in [4.69, 9.17) is 28.2 Å². The number of sulfone groups is 1. The number of benzene rings is 3. The average molecular weight is 809 g/mol. The van der Waals surface area contributed by atoms with Gasteiger partial charge in [-0.15, -0.1) is 0 Å². The quantitative estimate of drug-likeness (QED) is 0.136.